The van der Waals surface area contributed by atoms with Gasteiger partial charge in [-0.25, -0.2) is 0 Å². The molecule has 1 N–H and O–H groups in total. The number of carbonyl (C=O) groups excluding carboxylic acids is 1. The van der Waals surface area contributed by atoms with Crippen LogP contribution in [0.15, 0.2) is 36.4 Å². The fraction of sp³-hybridized carbons (Fsp3) is 0.211. The molecule has 6 heteroatoms. The van der Waals surface area contributed by atoms with Gasteiger partial charge < -0.3 is 14.8 Å². The molecule has 0 saturated heterocycles. The van der Waals surface area contributed by atoms with Gasteiger partial charge in [0.15, 0.2) is 0 Å². The molecule has 0 saturated carbocycles. The minimum atomic E-state index is -0.193. The van der Waals surface area contributed by atoms with Gasteiger partial charge in [0.1, 0.15) is 16.4 Å². The zero-order valence-corrected chi connectivity index (χ0v) is 15.8. The molecule has 0 atom stereocenters. The molecule has 25 heavy (non-hydrogen) atoms. The third-order valence-electron chi connectivity index (χ3n) is 3.92. The minimum Gasteiger partial charge on any atom is -0.497 e. The lowest BCUT2D eigenvalue weighted by atomic mass is 10.2. The lowest BCUT2D eigenvalue weighted by Gasteiger charge is -2.11. The minimum absolute atomic E-state index is 0.193. The zero-order chi connectivity index (χ0) is 18.0. The molecule has 3 aromatic rings. The number of hydrogen-bond acceptors (Lipinski definition) is 4. The van der Waals surface area contributed by atoms with Crippen LogP contribution >= 0.6 is 22.9 Å². The van der Waals surface area contributed by atoms with E-state index in [0.29, 0.717) is 27.9 Å². The molecule has 130 valence electrons. The van der Waals surface area contributed by atoms with Crippen LogP contribution in [-0.4, -0.2) is 20.1 Å². The Morgan fingerprint density at radius 2 is 1.96 bits per heavy atom. The molecule has 0 spiro atoms. The summed E-state index contributed by atoms with van der Waals surface area (Å²) in [5.41, 5.74) is 2.00. The predicted octanol–water partition coefficient (Wildman–Crippen LogP) is 4.81. The molecule has 3 rings (SSSR count). The highest BCUT2D eigenvalue weighted by molar-refractivity contribution is 7.21. The average molecular weight is 376 g/mol. The number of nitrogens with one attached hydrogen (secondary N) is 1. The van der Waals surface area contributed by atoms with Gasteiger partial charge in [0.2, 0.25) is 0 Å². The molecule has 1 heterocycles. The third-order valence-corrected chi connectivity index (χ3v) is 5.58. The Hall–Kier alpha value is -2.24. The number of ether oxygens (including phenoxy) is 2. The summed E-state index contributed by atoms with van der Waals surface area (Å²) in [7, 11) is 3.19. The monoisotopic (exact) mass is 375 g/mol. The molecule has 0 radical (unpaired) electrons. The van der Waals surface area contributed by atoms with Crippen molar-refractivity contribution in [2.75, 3.05) is 14.2 Å². The van der Waals surface area contributed by atoms with Crippen LogP contribution in [0, 0.1) is 6.92 Å². The van der Waals surface area contributed by atoms with E-state index < -0.39 is 0 Å². The summed E-state index contributed by atoms with van der Waals surface area (Å²) in [6.07, 6.45) is 0. The molecule has 1 amide bonds. The SMILES string of the molecule is COc1ccc(CNC(=O)c2sc3cc(C)ccc3c2Cl)c(OC)c1. The number of rotatable bonds is 5. The summed E-state index contributed by atoms with van der Waals surface area (Å²) < 4.78 is 11.5. The van der Waals surface area contributed by atoms with E-state index in [1.165, 1.54) is 11.3 Å². The van der Waals surface area contributed by atoms with Crippen molar-refractivity contribution in [3.05, 3.63) is 57.4 Å². The van der Waals surface area contributed by atoms with Gasteiger partial charge in [-0.1, -0.05) is 23.7 Å². The first-order valence-corrected chi connectivity index (χ1v) is 8.90. The van der Waals surface area contributed by atoms with Gasteiger partial charge in [-0.05, 0) is 30.7 Å². The first-order chi connectivity index (χ1) is 12.0. The van der Waals surface area contributed by atoms with Crippen LogP contribution in [0.2, 0.25) is 5.02 Å². The largest absolute Gasteiger partial charge is 0.497 e. The van der Waals surface area contributed by atoms with E-state index in [9.17, 15) is 4.79 Å². The van der Waals surface area contributed by atoms with Crippen molar-refractivity contribution in [3.63, 3.8) is 0 Å². The second kappa shape index (κ2) is 7.33. The van der Waals surface area contributed by atoms with Crippen LogP contribution < -0.4 is 14.8 Å². The number of fused-ring (bicyclic) bond motifs is 1. The molecule has 0 fully saturated rings. The molecule has 4 nitrogen and oxygen atoms in total. The van der Waals surface area contributed by atoms with Crippen LogP contribution in [0.4, 0.5) is 0 Å². The van der Waals surface area contributed by atoms with Crippen LogP contribution in [0.5, 0.6) is 11.5 Å². The Kier molecular flexibility index (Phi) is 5.16. The highest BCUT2D eigenvalue weighted by atomic mass is 35.5. The number of carbonyl (C=O) groups is 1. The normalized spacial score (nSPS) is 10.7. The smallest absolute Gasteiger partial charge is 0.263 e. The van der Waals surface area contributed by atoms with Crippen molar-refractivity contribution in [2.45, 2.75) is 13.5 Å². The standard InChI is InChI=1S/C19H18ClNO3S/c1-11-4-7-14-16(8-11)25-18(17(14)20)19(22)21-10-12-5-6-13(23-2)9-15(12)24-3/h4-9H,10H2,1-3H3,(H,21,22). The van der Waals surface area contributed by atoms with Crippen LogP contribution in [0.3, 0.4) is 0 Å². The van der Waals surface area contributed by atoms with E-state index in [4.69, 9.17) is 21.1 Å². The number of amides is 1. The summed E-state index contributed by atoms with van der Waals surface area (Å²) in [5.74, 6) is 1.18. The predicted molar refractivity (Wildman–Crippen MR) is 102 cm³/mol. The molecular weight excluding hydrogens is 358 g/mol. The Bertz CT molecular complexity index is 936. The van der Waals surface area contributed by atoms with Crippen LogP contribution in [0.1, 0.15) is 20.8 Å². The topological polar surface area (TPSA) is 47.6 Å². The van der Waals surface area contributed by atoms with E-state index in [1.807, 2.05) is 37.3 Å². The summed E-state index contributed by atoms with van der Waals surface area (Å²) in [6, 6.07) is 11.5. The van der Waals surface area contributed by atoms with Gasteiger partial charge in [-0.15, -0.1) is 11.3 Å². The quantitative estimate of drug-likeness (QED) is 0.696. The van der Waals surface area contributed by atoms with Crippen molar-refractivity contribution < 1.29 is 14.3 Å². The third kappa shape index (κ3) is 3.57. The van der Waals surface area contributed by atoms with Gasteiger partial charge in [0.05, 0.1) is 19.2 Å². The summed E-state index contributed by atoms with van der Waals surface area (Å²) in [5, 5.41) is 4.32. The molecular formula is C19H18ClNO3S. The van der Waals surface area contributed by atoms with E-state index in [1.54, 1.807) is 20.3 Å². The van der Waals surface area contributed by atoms with Crippen molar-refractivity contribution in [1.82, 2.24) is 5.32 Å². The Morgan fingerprint density at radius 3 is 2.68 bits per heavy atom. The number of methoxy groups -OCH3 is 2. The molecule has 0 bridgehead atoms. The maximum absolute atomic E-state index is 12.6. The van der Waals surface area contributed by atoms with E-state index in [0.717, 1.165) is 21.2 Å². The Balaban J connectivity index is 1.80. The van der Waals surface area contributed by atoms with Crippen molar-refractivity contribution >= 4 is 38.9 Å². The number of aryl methyl sites for hydroxylation is 1. The highest BCUT2D eigenvalue weighted by Gasteiger charge is 2.17. The number of benzene rings is 2. The molecule has 0 aliphatic heterocycles. The van der Waals surface area contributed by atoms with E-state index in [2.05, 4.69) is 5.32 Å². The molecule has 2 aromatic carbocycles. The maximum atomic E-state index is 12.6. The van der Waals surface area contributed by atoms with Crippen LogP contribution in [0.25, 0.3) is 10.1 Å². The zero-order valence-electron chi connectivity index (χ0n) is 14.2. The van der Waals surface area contributed by atoms with Crippen molar-refractivity contribution in [1.29, 1.82) is 0 Å². The lowest BCUT2D eigenvalue weighted by molar-refractivity contribution is 0.0955. The average Bonchev–Trinajstić information content (AvgIpc) is 2.95. The van der Waals surface area contributed by atoms with Gasteiger partial charge in [0.25, 0.3) is 5.91 Å². The van der Waals surface area contributed by atoms with Gasteiger partial charge >= 0.3 is 0 Å². The number of thiophene rings is 1. The maximum Gasteiger partial charge on any atom is 0.263 e. The summed E-state index contributed by atoms with van der Waals surface area (Å²) in [6.45, 7) is 2.36. The van der Waals surface area contributed by atoms with Crippen molar-refractivity contribution in [3.8, 4) is 11.5 Å². The first-order valence-electron chi connectivity index (χ1n) is 7.71. The fourth-order valence-electron chi connectivity index (χ4n) is 2.57. The summed E-state index contributed by atoms with van der Waals surface area (Å²) >= 11 is 7.79. The van der Waals surface area contributed by atoms with Gasteiger partial charge in [-0.2, -0.15) is 0 Å². The second-order valence-electron chi connectivity index (χ2n) is 5.61. The summed E-state index contributed by atoms with van der Waals surface area (Å²) in [4.78, 5) is 13.1. The van der Waals surface area contributed by atoms with Gasteiger partial charge in [-0.3, -0.25) is 4.79 Å². The Morgan fingerprint density at radius 1 is 1.16 bits per heavy atom. The molecule has 0 aliphatic rings. The van der Waals surface area contributed by atoms with Crippen molar-refractivity contribution in [2.24, 2.45) is 0 Å². The van der Waals surface area contributed by atoms with Gasteiger partial charge in [0, 0.05) is 28.3 Å². The first kappa shape index (κ1) is 17.6. The second-order valence-corrected chi connectivity index (χ2v) is 7.04. The number of halogens is 1. The number of hydrogen-bond donors (Lipinski definition) is 1. The Labute approximate surface area is 155 Å². The molecule has 0 unspecified atom stereocenters. The van der Waals surface area contributed by atoms with E-state index >= 15 is 0 Å². The fourth-order valence-corrected chi connectivity index (χ4v) is 4.10. The van der Waals surface area contributed by atoms with Crippen LogP contribution in [-0.2, 0) is 6.54 Å². The lowest BCUT2D eigenvalue weighted by Crippen LogP contribution is -2.22. The molecule has 0 aliphatic carbocycles. The highest BCUT2D eigenvalue weighted by Crippen LogP contribution is 2.36. The molecule has 1 aromatic heterocycles. The van der Waals surface area contributed by atoms with E-state index in [-0.39, 0.29) is 5.91 Å².